The predicted molar refractivity (Wildman–Crippen MR) is 192 cm³/mol. The average Bonchev–Trinajstić information content (AvgIpc) is 3.61. The van der Waals surface area contributed by atoms with Crippen LogP contribution in [0.5, 0.6) is 0 Å². The highest BCUT2D eigenvalue weighted by Crippen LogP contribution is 2.54. The van der Waals surface area contributed by atoms with Gasteiger partial charge in [0.1, 0.15) is 0 Å². The van der Waals surface area contributed by atoms with Gasteiger partial charge >= 0.3 is 0 Å². The summed E-state index contributed by atoms with van der Waals surface area (Å²) in [5.41, 5.74) is 10.8. The maximum absolute atomic E-state index is 4.99. The Morgan fingerprint density at radius 3 is 1.76 bits per heavy atom. The summed E-state index contributed by atoms with van der Waals surface area (Å²) in [6.45, 7) is 4.74. The summed E-state index contributed by atoms with van der Waals surface area (Å²) < 4.78 is 2.64. The highest BCUT2D eigenvalue weighted by Gasteiger charge is 2.37. The third-order valence-electron chi connectivity index (χ3n) is 9.31. The first-order chi connectivity index (χ1) is 22.6. The summed E-state index contributed by atoms with van der Waals surface area (Å²) in [7, 11) is 0. The van der Waals surface area contributed by atoms with Gasteiger partial charge in [0.2, 0.25) is 0 Å². The zero-order chi connectivity index (χ0) is 30.8. The van der Waals surface area contributed by atoms with Crippen LogP contribution >= 0.6 is 11.3 Å². The van der Waals surface area contributed by atoms with Gasteiger partial charge in [-0.2, -0.15) is 0 Å². The molecule has 0 spiro atoms. The Kier molecular flexibility index (Phi) is 6.02. The molecule has 0 fully saturated rings. The van der Waals surface area contributed by atoms with E-state index in [2.05, 4.69) is 92.7 Å². The number of fused-ring (bicyclic) bond motifs is 7. The van der Waals surface area contributed by atoms with Crippen molar-refractivity contribution in [1.82, 2.24) is 15.0 Å². The lowest BCUT2D eigenvalue weighted by atomic mass is 9.80. The van der Waals surface area contributed by atoms with Crippen molar-refractivity contribution in [3.8, 4) is 56.4 Å². The number of nitrogens with zero attached hydrogens (tertiary/aromatic N) is 3. The number of thiophene rings is 1. The molecular weight excluding hydrogens is 579 g/mol. The molecule has 3 nitrogen and oxygen atoms in total. The van der Waals surface area contributed by atoms with Crippen LogP contribution in [0.3, 0.4) is 0 Å². The molecule has 0 unspecified atom stereocenters. The van der Waals surface area contributed by atoms with Gasteiger partial charge in [0.15, 0.2) is 17.5 Å². The van der Waals surface area contributed by atoms with Gasteiger partial charge in [-0.3, -0.25) is 0 Å². The summed E-state index contributed by atoms with van der Waals surface area (Å²) in [6.07, 6.45) is 0. The van der Waals surface area contributed by atoms with Gasteiger partial charge in [0.05, 0.1) is 0 Å². The van der Waals surface area contributed by atoms with E-state index >= 15 is 0 Å². The SMILES string of the molecule is CC1(C)c2ccccc2-c2ccc3sc4c(-c5cccc(-c6nc(-c7ccccc7)nc(-c7ccccc7)n6)c5)cccc4c3c21. The highest BCUT2D eigenvalue weighted by atomic mass is 32.1. The van der Waals surface area contributed by atoms with Crippen LogP contribution in [0.15, 0.2) is 140 Å². The van der Waals surface area contributed by atoms with Crippen LogP contribution in [0, 0.1) is 0 Å². The molecule has 1 aliphatic carbocycles. The standard InChI is InChI=1S/C42H29N3S/c1-42(2)34-22-10-9-19-31(34)32-23-24-35-36(37(32)42)33-21-12-20-30(38(33)46-35)28-17-11-18-29(25-28)41-44-39(26-13-5-3-6-14-26)43-40(45-41)27-15-7-4-8-16-27/h3-25H,1-2H3. The second kappa shape index (κ2) is 10.3. The fraction of sp³-hybridized carbons (Fsp3) is 0.0714. The number of aromatic nitrogens is 3. The Hall–Kier alpha value is -5.45. The molecule has 8 aromatic rings. The molecule has 2 heterocycles. The Bertz CT molecular complexity index is 2380. The lowest BCUT2D eigenvalue weighted by Gasteiger charge is -2.22. The summed E-state index contributed by atoms with van der Waals surface area (Å²) in [4.78, 5) is 14.9. The van der Waals surface area contributed by atoms with E-state index in [1.54, 1.807) is 0 Å². The molecule has 0 saturated heterocycles. The molecular formula is C42H29N3S. The highest BCUT2D eigenvalue weighted by molar-refractivity contribution is 7.26. The topological polar surface area (TPSA) is 38.7 Å². The molecule has 2 aromatic heterocycles. The van der Waals surface area contributed by atoms with Crippen molar-refractivity contribution in [1.29, 1.82) is 0 Å². The number of hydrogen-bond donors (Lipinski definition) is 0. The number of rotatable bonds is 4. The third kappa shape index (κ3) is 4.14. The maximum Gasteiger partial charge on any atom is 0.164 e. The number of benzene rings is 6. The summed E-state index contributed by atoms with van der Waals surface area (Å²) >= 11 is 1.89. The molecule has 0 bridgehead atoms. The van der Waals surface area contributed by atoms with Gasteiger partial charge in [0, 0.05) is 42.3 Å². The molecule has 6 aromatic carbocycles. The molecule has 0 saturated carbocycles. The number of hydrogen-bond acceptors (Lipinski definition) is 4. The molecule has 9 rings (SSSR count). The van der Waals surface area contributed by atoms with E-state index in [0.717, 1.165) is 22.3 Å². The van der Waals surface area contributed by atoms with Crippen molar-refractivity contribution < 1.29 is 0 Å². The quantitative estimate of drug-likeness (QED) is 0.200. The van der Waals surface area contributed by atoms with Crippen LogP contribution < -0.4 is 0 Å². The second-order valence-corrected chi connectivity index (χ2v) is 13.5. The van der Waals surface area contributed by atoms with Gasteiger partial charge in [0.25, 0.3) is 0 Å². The Balaban J connectivity index is 1.21. The summed E-state index contributed by atoms with van der Waals surface area (Å²) in [5.74, 6) is 1.99. The van der Waals surface area contributed by atoms with Crippen LogP contribution in [-0.2, 0) is 5.41 Å². The monoisotopic (exact) mass is 607 g/mol. The normalized spacial score (nSPS) is 13.2. The molecule has 218 valence electrons. The van der Waals surface area contributed by atoms with Crippen molar-refractivity contribution in [3.63, 3.8) is 0 Å². The van der Waals surface area contributed by atoms with E-state index in [9.17, 15) is 0 Å². The van der Waals surface area contributed by atoms with Crippen LogP contribution in [0.1, 0.15) is 25.0 Å². The van der Waals surface area contributed by atoms with Crippen molar-refractivity contribution >= 4 is 31.5 Å². The Labute approximate surface area is 271 Å². The van der Waals surface area contributed by atoms with E-state index < -0.39 is 0 Å². The minimum atomic E-state index is -0.0685. The first kappa shape index (κ1) is 26.9. The van der Waals surface area contributed by atoms with Crippen molar-refractivity contribution in [2.24, 2.45) is 0 Å². The van der Waals surface area contributed by atoms with Gasteiger partial charge in [-0.25, -0.2) is 15.0 Å². The molecule has 0 amide bonds. The van der Waals surface area contributed by atoms with Crippen molar-refractivity contribution in [3.05, 3.63) is 151 Å². The van der Waals surface area contributed by atoms with Crippen molar-refractivity contribution in [2.45, 2.75) is 19.3 Å². The molecule has 0 radical (unpaired) electrons. The largest absolute Gasteiger partial charge is 0.208 e. The second-order valence-electron chi connectivity index (χ2n) is 12.4. The van der Waals surface area contributed by atoms with Crippen LogP contribution in [0.4, 0.5) is 0 Å². The molecule has 4 heteroatoms. The molecule has 1 aliphatic rings. The van der Waals surface area contributed by atoms with E-state index in [-0.39, 0.29) is 5.41 Å². The first-order valence-corrected chi connectivity index (χ1v) is 16.4. The fourth-order valence-electron chi connectivity index (χ4n) is 7.15. The zero-order valence-corrected chi connectivity index (χ0v) is 26.3. The Morgan fingerprint density at radius 1 is 0.478 bits per heavy atom. The molecule has 46 heavy (non-hydrogen) atoms. The van der Waals surface area contributed by atoms with Crippen LogP contribution in [0.2, 0.25) is 0 Å². The van der Waals surface area contributed by atoms with E-state index in [4.69, 9.17) is 15.0 Å². The van der Waals surface area contributed by atoms with Gasteiger partial charge in [-0.15, -0.1) is 11.3 Å². The molecule has 0 atom stereocenters. The molecule has 0 N–H and O–H groups in total. The Morgan fingerprint density at radius 2 is 1.04 bits per heavy atom. The van der Waals surface area contributed by atoms with E-state index in [1.807, 2.05) is 72.0 Å². The minimum Gasteiger partial charge on any atom is -0.208 e. The fourth-order valence-corrected chi connectivity index (χ4v) is 8.40. The molecule has 0 aliphatic heterocycles. The average molecular weight is 608 g/mol. The smallest absolute Gasteiger partial charge is 0.164 e. The zero-order valence-electron chi connectivity index (χ0n) is 25.5. The maximum atomic E-state index is 4.99. The van der Waals surface area contributed by atoms with Crippen molar-refractivity contribution in [2.75, 3.05) is 0 Å². The lowest BCUT2D eigenvalue weighted by molar-refractivity contribution is 0.667. The van der Waals surface area contributed by atoms with Gasteiger partial charge in [-0.05, 0) is 45.5 Å². The first-order valence-electron chi connectivity index (χ1n) is 15.6. The van der Waals surface area contributed by atoms with E-state index in [0.29, 0.717) is 17.5 Å². The summed E-state index contributed by atoms with van der Waals surface area (Å²) in [6, 6.07) is 49.2. The lowest BCUT2D eigenvalue weighted by Crippen LogP contribution is -2.15. The minimum absolute atomic E-state index is 0.0685. The summed E-state index contributed by atoms with van der Waals surface area (Å²) in [5, 5.41) is 2.70. The van der Waals surface area contributed by atoms with Gasteiger partial charge < -0.3 is 0 Å². The predicted octanol–water partition coefficient (Wildman–Crippen LogP) is 11.2. The van der Waals surface area contributed by atoms with Crippen LogP contribution in [0.25, 0.3) is 76.6 Å². The van der Waals surface area contributed by atoms with Gasteiger partial charge in [-0.1, -0.05) is 141 Å². The third-order valence-corrected chi connectivity index (χ3v) is 10.5. The van der Waals surface area contributed by atoms with E-state index in [1.165, 1.54) is 48.0 Å². The van der Waals surface area contributed by atoms with Crippen LogP contribution in [-0.4, -0.2) is 15.0 Å².